The highest BCUT2D eigenvalue weighted by atomic mass is 32.2. The third-order valence-corrected chi connectivity index (χ3v) is 7.00. The summed E-state index contributed by atoms with van der Waals surface area (Å²) in [5, 5.41) is 2.85. The maximum Gasteiger partial charge on any atom is 0.218 e. The second-order valence-corrected chi connectivity index (χ2v) is 8.33. The molecule has 1 saturated carbocycles. The minimum absolute atomic E-state index is 0.288. The van der Waals surface area contributed by atoms with Crippen LogP contribution in [0, 0.1) is 5.92 Å². The lowest BCUT2D eigenvalue weighted by Gasteiger charge is -2.31. The van der Waals surface area contributed by atoms with Crippen molar-refractivity contribution >= 4 is 10.0 Å². The molecule has 2 unspecified atom stereocenters. The summed E-state index contributed by atoms with van der Waals surface area (Å²) in [6.45, 7) is 5.97. The van der Waals surface area contributed by atoms with Crippen molar-refractivity contribution in [3.63, 3.8) is 0 Å². The Hall–Kier alpha value is -0.130. The molecule has 0 radical (unpaired) electrons. The van der Waals surface area contributed by atoms with E-state index >= 15 is 0 Å². The average Bonchev–Trinajstić information content (AvgIpc) is 3.04. The van der Waals surface area contributed by atoms with Gasteiger partial charge in [0.05, 0.1) is 5.25 Å². The Labute approximate surface area is 118 Å². The van der Waals surface area contributed by atoms with Crippen molar-refractivity contribution in [2.24, 2.45) is 5.92 Å². The first kappa shape index (κ1) is 15.3. The quantitative estimate of drug-likeness (QED) is 0.813. The summed E-state index contributed by atoms with van der Waals surface area (Å²) in [7, 11) is -3.13. The zero-order valence-electron chi connectivity index (χ0n) is 12.3. The van der Waals surface area contributed by atoms with Gasteiger partial charge in [-0.25, -0.2) is 8.42 Å². The smallest absolute Gasteiger partial charge is 0.218 e. The number of hydrogen-bond acceptors (Lipinski definition) is 3. The first-order valence-electron chi connectivity index (χ1n) is 7.78. The summed E-state index contributed by atoms with van der Waals surface area (Å²) in [5.41, 5.74) is 0. The van der Waals surface area contributed by atoms with Crippen LogP contribution in [-0.4, -0.2) is 43.6 Å². The first-order chi connectivity index (χ1) is 9.07. The highest BCUT2D eigenvalue weighted by molar-refractivity contribution is 7.89. The molecule has 2 rings (SSSR count). The Bertz CT molecular complexity index is 377. The van der Waals surface area contributed by atoms with Gasteiger partial charge in [0.25, 0.3) is 0 Å². The van der Waals surface area contributed by atoms with Gasteiger partial charge in [-0.15, -0.1) is 0 Å². The predicted octanol–water partition coefficient (Wildman–Crippen LogP) is 1.97. The molecule has 0 aromatic carbocycles. The molecule has 0 bridgehead atoms. The molecule has 1 saturated heterocycles. The molecule has 1 heterocycles. The molecule has 112 valence electrons. The van der Waals surface area contributed by atoms with Gasteiger partial charge in [0.2, 0.25) is 10.0 Å². The van der Waals surface area contributed by atoms with Crippen molar-refractivity contribution in [2.75, 3.05) is 19.6 Å². The number of nitrogens with zero attached hydrogens (tertiary/aromatic N) is 1. The van der Waals surface area contributed by atoms with Gasteiger partial charge < -0.3 is 5.32 Å². The van der Waals surface area contributed by atoms with E-state index in [1.807, 2.05) is 18.2 Å². The van der Waals surface area contributed by atoms with Crippen molar-refractivity contribution < 1.29 is 8.42 Å². The van der Waals surface area contributed by atoms with Crippen molar-refractivity contribution in [3.05, 3.63) is 0 Å². The molecule has 2 atom stereocenters. The minimum atomic E-state index is -3.13. The van der Waals surface area contributed by atoms with Gasteiger partial charge in [-0.05, 0) is 45.1 Å². The lowest BCUT2D eigenvalue weighted by Crippen LogP contribution is -2.46. The van der Waals surface area contributed by atoms with E-state index in [-0.39, 0.29) is 11.3 Å². The van der Waals surface area contributed by atoms with Crippen LogP contribution in [0.5, 0.6) is 0 Å². The number of nitrogens with one attached hydrogen (secondary N) is 1. The summed E-state index contributed by atoms with van der Waals surface area (Å²) >= 11 is 0. The van der Waals surface area contributed by atoms with Gasteiger partial charge in [0.1, 0.15) is 0 Å². The standard InChI is InChI=1S/C14H28N2O2S/c1-3-15-11-12(2)19(17,18)16-10-6-9-14(16)13-7-4-5-8-13/h12-15H,3-11H2,1-2H3. The summed E-state index contributed by atoms with van der Waals surface area (Å²) in [4.78, 5) is 0. The highest BCUT2D eigenvalue weighted by Crippen LogP contribution is 2.37. The maximum atomic E-state index is 12.7. The number of hydrogen-bond donors (Lipinski definition) is 1. The summed E-state index contributed by atoms with van der Waals surface area (Å²) < 4.78 is 27.2. The van der Waals surface area contributed by atoms with E-state index in [9.17, 15) is 8.42 Å². The number of sulfonamides is 1. The van der Waals surface area contributed by atoms with Gasteiger partial charge in [0.15, 0.2) is 0 Å². The van der Waals surface area contributed by atoms with Crippen molar-refractivity contribution in [2.45, 2.75) is 63.7 Å². The largest absolute Gasteiger partial charge is 0.316 e. The van der Waals surface area contributed by atoms with Gasteiger partial charge >= 0.3 is 0 Å². The van der Waals surface area contributed by atoms with Crippen molar-refractivity contribution in [1.29, 1.82) is 0 Å². The average molecular weight is 288 g/mol. The Morgan fingerprint density at radius 3 is 2.53 bits per heavy atom. The van der Waals surface area contributed by atoms with E-state index in [0.29, 0.717) is 12.5 Å². The molecule has 0 aromatic heterocycles. The van der Waals surface area contributed by atoms with Crippen LogP contribution in [0.1, 0.15) is 52.4 Å². The van der Waals surface area contributed by atoms with Crippen LogP contribution >= 0.6 is 0 Å². The van der Waals surface area contributed by atoms with Gasteiger partial charge in [-0.1, -0.05) is 19.8 Å². The molecule has 0 spiro atoms. The van der Waals surface area contributed by atoms with E-state index in [4.69, 9.17) is 0 Å². The maximum absolute atomic E-state index is 12.7. The van der Waals surface area contributed by atoms with Crippen LogP contribution in [0.2, 0.25) is 0 Å². The van der Waals surface area contributed by atoms with E-state index in [0.717, 1.165) is 25.9 Å². The zero-order chi connectivity index (χ0) is 13.9. The van der Waals surface area contributed by atoms with Crippen LogP contribution in [0.15, 0.2) is 0 Å². The molecule has 1 N–H and O–H groups in total. The van der Waals surface area contributed by atoms with E-state index in [1.54, 1.807) is 0 Å². The molecule has 0 aromatic rings. The van der Waals surface area contributed by atoms with Crippen LogP contribution in [-0.2, 0) is 10.0 Å². The SMILES string of the molecule is CCNCC(C)S(=O)(=O)N1CCCC1C1CCCC1. The van der Waals surface area contributed by atoms with E-state index in [2.05, 4.69) is 5.32 Å². The fraction of sp³-hybridized carbons (Fsp3) is 1.00. The fourth-order valence-electron chi connectivity index (χ4n) is 3.58. The van der Waals surface area contributed by atoms with Crippen LogP contribution < -0.4 is 5.32 Å². The van der Waals surface area contributed by atoms with Gasteiger partial charge in [-0.2, -0.15) is 4.31 Å². The van der Waals surface area contributed by atoms with Crippen LogP contribution in [0.3, 0.4) is 0 Å². The normalized spacial score (nSPS) is 28.0. The minimum Gasteiger partial charge on any atom is -0.316 e. The van der Waals surface area contributed by atoms with Gasteiger partial charge in [0, 0.05) is 19.1 Å². The topological polar surface area (TPSA) is 49.4 Å². The molecule has 2 aliphatic rings. The zero-order valence-corrected chi connectivity index (χ0v) is 13.1. The fourth-order valence-corrected chi connectivity index (χ4v) is 5.41. The highest BCUT2D eigenvalue weighted by Gasteiger charge is 2.41. The van der Waals surface area contributed by atoms with Crippen LogP contribution in [0.4, 0.5) is 0 Å². The molecule has 5 heteroatoms. The third-order valence-electron chi connectivity index (χ3n) is 4.71. The Morgan fingerprint density at radius 2 is 1.89 bits per heavy atom. The van der Waals surface area contributed by atoms with Crippen molar-refractivity contribution in [3.8, 4) is 0 Å². The molecule has 4 nitrogen and oxygen atoms in total. The Balaban J connectivity index is 2.05. The van der Waals surface area contributed by atoms with Crippen LogP contribution in [0.25, 0.3) is 0 Å². The van der Waals surface area contributed by atoms with E-state index < -0.39 is 10.0 Å². The van der Waals surface area contributed by atoms with E-state index in [1.165, 1.54) is 25.7 Å². The second kappa shape index (κ2) is 6.55. The number of rotatable bonds is 6. The summed E-state index contributed by atoms with van der Waals surface area (Å²) in [6, 6.07) is 0.288. The molecule has 0 amide bonds. The lowest BCUT2D eigenvalue weighted by atomic mass is 9.97. The summed E-state index contributed by atoms with van der Waals surface area (Å²) in [5.74, 6) is 0.614. The first-order valence-corrected chi connectivity index (χ1v) is 9.29. The second-order valence-electron chi connectivity index (χ2n) is 6.03. The third kappa shape index (κ3) is 3.31. The Morgan fingerprint density at radius 1 is 1.21 bits per heavy atom. The molecular formula is C14H28N2O2S. The monoisotopic (exact) mass is 288 g/mol. The molecule has 19 heavy (non-hydrogen) atoms. The van der Waals surface area contributed by atoms with Crippen molar-refractivity contribution in [1.82, 2.24) is 9.62 Å². The molecule has 1 aliphatic heterocycles. The predicted molar refractivity (Wildman–Crippen MR) is 78.6 cm³/mol. The Kier molecular flexibility index (Phi) is 5.26. The van der Waals surface area contributed by atoms with Gasteiger partial charge in [-0.3, -0.25) is 0 Å². The summed E-state index contributed by atoms with van der Waals surface area (Å²) in [6.07, 6.45) is 7.10. The molecule has 1 aliphatic carbocycles. The molecular weight excluding hydrogens is 260 g/mol. The lowest BCUT2D eigenvalue weighted by molar-refractivity contribution is 0.286. The molecule has 2 fully saturated rings.